The minimum absolute atomic E-state index is 0.0131. The Kier molecular flexibility index (Phi) is 8.59. The predicted molar refractivity (Wildman–Crippen MR) is 167 cm³/mol. The van der Waals surface area contributed by atoms with E-state index >= 15 is 0 Å². The van der Waals surface area contributed by atoms with E-state index in [2.05, 4.69) is 26.9 Å². The van der Waals surface area contributed by atoms with Crippen LogP contribution in [0.25, 0.3) is 0 Å². The molecule has 13 heteroatoms. The van der Waals surface area contributed by atoms with Crippen molar-refractivity contribution in [1.82, 2.24) is 5.01 Å². The van der Waals surface area contributed by atoms with Crippen molar-refractivity contribution >= 4 is 55.6 Å². The van der Waals surface area contributed by atoms with Gasteiger partial charge in [0, 0.05) is 55.0 Å². The molecule has 2 aliphatic rings. The minimum Gasteiger partial charge on any atom is -0.326 e. The van der Waals surface area contributed by atoms with E-state index < -0.39 is 14.9 Å². The molecule has 2 aliphatic heterocycles. The van der Waals surface area contributed by atoms with Gasteiger partial charge in [0.1, 0.15) is 5.84 Å². The molecule has 0 atom stereocenters. The first kappa shape index (κ1) is 29.3. The van der Waals surface area contributed by atoms with Crippen LogP contribution in [0, 0.1) is 10.1 Å². The van der Waals surface area contributed by atoms with E-state index in [0.29, 0.717) is 24.4 Å². The number of aryl methyl sites for hydroxylation is 1. The minimum atomic E-state index is -3.35. The van der Waals surface area contributed by atoms with Gasteiger partial charge in [-0.3, -0.25) is 24.6 Å². The van der Waals surface area contributed by atoms with Crippen molar-refractivity contribution < 1.29 is 18.1 Å². The highest BCUT2D eigenvalue weighted by Crippen LogP contribution is 2.31. The molecule has 5 rings (SSSR count). The quantitative estimate of drug-likeness (QED) is 0.166. The normalized spacial score (nSPS) is 15.7. The van der Waals surface area contributed by atoms with Crippen molar-refractivity contribution in [3.05, 3.63) is 99.1 Å². The Morgan fingerprint density at radius 3 is 2.52 bits per heavy atom. The molecule has 0 fully saturated rings. The lowest BCUT2D eigenvalue weighted by Crippen LogP contribution is -2.36. The topological polar surface area (TPSA) is 138 Å². The fourth-order valence-electron chi connectivity index (χ4n) is 4.92. The van der Waals surface area contributed by atoms with E-state index in [-0.39, 0.29) is 10.9 Å². The maximum atomic E-state index is 11.9. The molecular weight excluding hydrogens is 576 g/mol. The third-order valence-electron chi connectivity index (χ3n) is 6.91. The number of fused-ring (bicyclic) bond motifs is 1. The van der Waals surface area contributed by atoms with Crippen molar-refractivity contribution in [2.24, 2.45) is 10.1 Å². The summed E-state index contributed by atoms with van der Waals surface area (Å²) >= 11 is 1.23. The molecule has 3 aromatic carbocycles. The van der Waals surface area contributed by atoms with Gasteiger partial charge in [-0.05, 0) is 72.4 Å². The molecule has 218 valence electrons. The van der Waals surface area contributed by atoms with Crippen LogP contribution in [0.2, 0.25) is 0 Å². The van der Waals surface area contributed by atoms with E-state index in [9.17, 15) is 23.3 Å². The van der Waals surface area contributed by atoms with Gasteiger partial charge in [-0.15, -0.1) is 0 Å². The molecule has 0 saturated heterocycles. The number of amides is 1. The van der Waals surface area contributed by atoms with Gasteiger partial charge in [-0.2, -0.15) is 5.10 Å². The molecule has 42 heavy (non-hydrogen) atoms. The van der Waals surface area contributed by atoms with Crippen LogP contribution in [0.4, 0.5) is 21.9 Å². The maximum absolute atomic E-state index is 11.9. The number of nitro groups is 1. The molecule has 1 amide bonds. The van der Waals surface area contributed by atoms with Crippen LogP contribution < -0.4 is 9.62 Å². The van der Waals surface area contributed by atoms with Crippen LogP contribution in [0.15, 0.2) is 76.8 Å². The van der Waals surface area contributed by atoms with Gasteiger partial charge >= 0.3 is 5.24 Å². The van der Waals surface area contributed by atoms with Crippen molar-refractivity contribution in [2.45, 2.75) is 19.3 Å². The summed E-state index contributed by atoms with van der Waals surface area (Å²) in [5, 5.41) is 17.0. The van der Waals surface area contributed by atoms with Crippen molar-refractivity contribution in [2.75, 3.05) is 41.8 Å². The Morgan fingerprint density at radius 1 is 1.12 bits per heavy atom. The number of carbonyl (C=O) groups is 1. The number of hydrogen-bond acceptors (Lipinski definition) is 8. The summed E-state index contributed by atoms with van der Waals surface area (Å²) in [6, 6.07) is 19.8. The van der Waals surface area contributed by atoms with Gasteiger partial charge in [-0.25, -0.2) is 13.4 Å². The number of rotatable bonds is 8. The molecule has 0 saturated carbocycles. The van der Waals surface area contributed by atoms with Gasteiger partial charge in [0.2, 0.25) is 10.0 Å². The van der Waals surface area contributed by atoms with Crippen molar-refractivity contribution in [3.8, 4) is 0 Å². The Bertz CT molecular complexity index is 1670. The average molecular weight is 607 g/mol. The predicted octanol–water partition coefficient (Wildman–Crippen LogP) is 4.91. The Labute approximate surface area is 248 Å². The lowest BCUT2D eigenvalue weighted by atomic mass is 9.97. The zero-order chi connectivity index (χ0) is 29.9. The molecule has 3 aromatic rings. The Morgan fingerprint density at radius 2 is 1.86 bits per heavy atom. The van der Waals surface area contributed by atoms with E-state index in [1.165, 1.54) is 28.9 Å². The van der Waals surface area contributed by atoms with Gasteiger partial charge in [0.15, 0.2) is 0 Å². The van der Waals surface area contributed by atoms with Gasteiger partial charge in [0.05, 0.1) is 16.9 Å². The molecule has 0 aliphatic carbocycles. The third-order valence-corrected chi connectivity index (χ3v) is 8.45. The van der Waals surface area contributed by atoms with E-state index in [1.807, 2.05) is 18.2 Å². The summed E-state index contributed by atoms with van der Waals surface area (Å²) in [6.07, 6.45) is 3.52. The number of aliphatic imine (C=N–C) groups is 1. The number of benzene rings is 3. The number of hydrogen-bond donors (Lipinski definition) is 1. The summed E-state index contributed by atoms with van der Waals surface area (Å²) in [5.74, 6) is 1.25. The number of thioether (sulfide) groups is 1. The standard InChI is InChI=1S/C29H30N6O5S2/c1-33-29(36)41-19-26(31-33)22-9-14-27-23(18-22)4-3-17-34(27)28(21-7-12-25(13-8-21)35(37)38)30-16-15-20-5-10-24(11-6-20)32-42(2,39)40/h5-14,18,32H,3-4,15-17,19H2,1-2H3. The number of nitrogens with zero attached hydrogens (tertiary/aromatic N) is 5. The molecule has 2 heterocycles. The average Bonchev–Trinajstić information content (AvgIpc) is 2.96. The fourth-order valence-corrected chi connectivity index (χ4v) is 6.20. The zero-order valence-corrected chi connectivity index (χ0v) is 24.8. The SMILES string of the molecule is CN1N=C(c2ccc3c(c2)CCCN3C(=NCCc2ccc(NS(C)(=O)=O)cc2)c2ccc([N+](=O)[O-])cc2)CSC1=O. The number of non-ortho nitro benzene ring substituents is 1. The van der Waals surface area contributed by atoms with Gasteiger partial charge in [-0.1, -0.05) is 30.0 Å². The first-order valence-corrected chi connectivity index (χ1v) is 16.2. The number of carbonyl (C=O) groups excluding carboxylic acids is 1. The lowest BCUT2D eigenvalue weighted by molar-refractivity contribution is -0.384. The molecule has 11 nitrogen and oxygen atoms in total. The van der Waals surface area contributed by atoms with Crippen LogP contribution in [-0.2, 0) is 22.9 Å². The number of nitrogens with one attached hydrogen (secondary N) is 1. The third kappa shape index (κ3) is 6.97. The van der Waals surface area contributed by atoms with Crippen LogP contribution >= 0.6 is 11.8 Å². The maximum Gasteiger partial charge on any atom is 0.301 e. The molecule has 0 radical (unpaired) electrons. The Balaban J connectivity index is 1.43. The zero-order valence-electron chi connectivity index (χ0n) is 23.2. The first-order valence-electron chi connectivity index (χ1n) is 13.3. The highest BCUT2D eigenvalue weighted by atomic mass is 32.2. The van der Waals surface area contributed by atoms with Crippen molar-refractivity contribution in [3.63, 3.8) is 0 Å². The Hall–Kier alpha value is -4.23. The second-order valence-electron chi connectivity index (χ2n) is 10.1. The molecule has 0 aromatic heterocycles. The molecule has 0 spiro atoms. The smallest absolute Gasteiger partial charge is 0.301 e. The summed E-state index contributed by atoms with van der Waals surface area (Å²) in [6.45, 7) is 1.20. The molecule has 0 unspecified atom stereocenters. The number of nitro benzene ring substituents is 1. The van der Waals surface area contributed by atoms with E-state index in [0.717, 1.165) is 65.1 Å². The highest BCUT2D eigenvalue weighted by molar-refractivity contribution is 8.14. The summed E-state index contributed by atoms with van der Waals surface area (Å²) < 4.78 is 25.5. The summed E-state index contributed by atoms with van der Waals surface area (Å²) in [7, 11) is -1.70. The van der Waals surface area contributed by atoms with Crippen LogP contribution in [-0.4, -0.2) is 67.3 Å². The number of amidine groups is 1. The number of hydrazone groups is 1. The summed E-state index contributed by atoms with van der Waals surface area (Å²) in [4.78, 5) is 29.9. The van der Waals surface area contributed by atoms with Crippen LogP contribution in [0.1, 0.15) is 28.7 Å². The lowest BCUT2D eigenvalue weighted by Gasteiger charge is -2.33. The van der Waals surface area contributed by atoms with Gasteiger partial charge < -0.3 is 4.90 Å². The molecule has 1 N–H and O–H groups in total. The number of sulfonamides is 1. The van der Waals surface area contributed by atoms with Crippen molar-refractivity contribution in [1.29, 1.82) is 0 Å². The second-order valence-corrected chi connectivity index (χ2v) is 12.7. The monoisotopic (exact) mass is 606 g/mol. The van der Waals surface area contributed by atoms with E-state index in [1.54, 1.807) is 31.3 Å². The summed E-state index contributed by atoms with van der Waals surface area (Å²) in [5.41, 5.74) is 6.28. The van der Waals surface area contributed by atoms with Gasteiger partial charge in [0.25, 0.3) is 5.69 Å². The number of anilines is 2. The molecule has 0 bridgehead atoms. The highest BCUT2D eigenvalue weighted by Gasteiger charge is 2.25. The van der Waals surface area contributed by atoms with Crippen LogP contribution in [0.5, 0.6) is 0 Å². The van der Waals surface area contributed by atoms with Crippen LogP contribution in [0.3, 0.4) is 0 Å². The first-order chi connectivity index (χ1) is 20.1. The second kappa shape index (κ2) is 12.3. The fraction of sp³-hybridized carbons (Fsp3) is 0.276. The molecular formula is C29H30N6O5S2. The largest absolute Gasteiger partial charge is 0.326 e. The van der Waals surface area contributed by atoms with E-state index in [4.69, 9.17) is 4.99 Å².